The number of rotatable bonds is 9. The number of non-ortho nitro benzene ring substituents is 1. The van der Waals surface area contributed by atoms with Crippen molar-refractivity contribution in [1.29, 1.82) is 0 Å². The van der Waals surface area contributed by atoms with Gasteiger partial charge in [0, 0.05) is 55.9 Å². The smallest absolute Gasteiger partial charge is 0.353 e. The van der Waals surface area contributed by atoms with Crippen LogP contribution in [0.25, 0.3) is 0 Å². The number of amides is 2. The van der Waals surface area contributed by atoms with E-state index in [-0.39, 0.29) is 28.4 Å². The number of hydrogen-bond donors (Lipinski definition) is 2. The Labute approximate surface area is 219 Å². The van der Waals surface area contributed by atoms with E-state index in [0.29, 0.717) is 37.3 Å². The molecule has 11 nitrogen and oxygen atoms in total. The summed E-state index contributed by atoms with van der Waals surface area (Å²) in [4.78, 5) is 54.1. The van der Waals surface area contributed by atoms with Crippen molar-refractivity contribution in [3.8, 4) is 0 Å². The first-order valence-electron chi connectivity index (χ1n) is 12.2. The molecule has 3 aliphatic rings. The second-order valence-electron chi connectivity index (χ2n) is 10.2. The Morgan fingerprint density at radius 1 is 1.30 bits per heavy atom. The van der Waals surface area contributed by atoms with Crippen LogP contribution in [0, 0.1) is 16.0 Å². The van der Waals surface area contributed by atoms with Crippen LogP contribution >= 0.6 is 11.8 Å². The molecule has 0 spiro atoms. The Kier molecular flexibility index (Phi) is 7.37. The number of hydrogen-bond acceptors (Lipinski definition) is 8. The van der Waals surface area contributed by atoms with Crippen LogP contribution in [-0.4, -0.2) is 91.2 Å². The summed E-state index contributed by atoms with van der Waals surface area (Å²) in [6.45, 7) is 4.38. The van der Waals surface area contributed by atoms with Crippen LogP contribution in [0.2, 0.25) is 0 Å². The predicted molar refractivity (Wildman–Crippen MR) is 136 cm³/mol. The van der Waals surface area contributed by atoms with Gasteiger partial charge in [0.2, 0.25) is 11.8 Å². The maximum absolute atomic E-state index is 13.0. The zero-order chi connectivity index (χ0) is 27.2. The molecule has 12 heteroatoms. The van der Waals surface area contributed by atoms with Crippen LogP contribution in [0.5, 0.6) is 0 Å². The topological polar surface area (TPSA) is 145 Å². The molecule has 37 heavy (non-hydrogen) atoms. The largest absolute Gasteiger partial charge is 0.477 e. The minimum atomic E-state index is -1.17. The number of β-lactam (4-membered cyclic amide) rings is 1. The highest BCUT2D eigenvalue weighted by Crippen LogP contribution is 2.57. The number of nitro benzene ring substituents is 1. The van der Waals surface area contributed by atoms with Gasteiger partial charge in [-0.1, -0.05) is 19.1 Å². The molecule has 1 aromatic carbocycles. The summed E-state index contributed by atoms with van der Waals surface area (Å²) in [7, 11) is 3.37. The molecule has 0 aliphatic carbocycles. The van der Waals surface area contributed by atoms with Gasteiger partial charge in [-0.15, -0.1) is 11.8 Å². The van der Waals surface area contributed by atoms with Crippen LogP contribution < -0.4 is 0 Å². The van der Waals surface area contributed by atoms with Crippen molar-refractivity contribution >= 4 is 35.2 Å². The summed E-state index contributed by atoms with van der Waals surface area (Å²) in [6.07, 6.45) is 0.502. The molecular weight excluding hydrogens is 500 g/mol. The summed E-state index contributed by atoms with van der Waals surface area (Å²) < 4.78 is 0. The highest BCUT2D eigenvalue weighted by Gasteiger charge is 2.66. The van der Waals surface area contributed by atoms with Crippen molar-refractivity contribution < 1.29 is 29.5 Å². The summed E-state index contributed by atoms with van der Waals surface area (Å²) >= 11 is 1.40. The van der Waals surface area contributed by atoms with E-state index in [4.69, 9.17) is 0 Å². The number of fused-ring (bicyclic) bond motifs is 1. The highest BCUT2D eigenvalue weighted by molar-refractivity contribution is 8.03. The van der Waals surface area contributed by atoms with Crippen LogP contribution in [0.3, 0.4) is 0 Å². The van der Waals surface area contributed by atoms with Gasteiger partial charge in [0.05, 0.1) is 28.5 Å². The Bertz CT molecular complexity index is 1150. The second-order valence-corrected chi connectivity index (χ2v) is 11.6. The van der Waals surface area contributed by atoms with Gasteiger partial charge in [-0.3, -0.25) is 29.5 Å². The van der Waals surface area contributed by atoms with Crippen molar-refractivity contribution in [2.24, 2.45) is 5.92 Å². The second kappa shape index (κ2) is 10.1. The zero-order valence-electron chi connectivity index (χ0n) is 21.3. The molecule has 4 rings (SSSR count). The van der Waals surface area contributed by atoms with Gasteiger partial charge < -0.3 is 15.1 Å². The van der Waals surface area contributed by atoms with E-state index < -0.39 is 34.5 Å². The van der Waals surface area contributed by atoms with Gasteiger partial charge in [-0.25, -0.2) is 4.79 Å². The molecule has 3 heterocycles. The number of aliphatic hydroxyl groups excluding tert-OH is 1. The third kappa shape index (κ3) is 4.62. The van der Waals surface area contributed by atoms with Gasteiger partial charge in [0.15, 0.2) is 0 Å². The normalized spacial score (nSPS) is 28.2. The summed E-state index contributed by atoms with van der Waals surface area (Å²) in [5.74, 6) is -2.24. The highest BCUT2D eigenvalue weighted by atomic mass is 32.2. The van der Waals surface area contributed by atoms with Crippen LogP contribution in [-0.2, 0) is 20.9 Å². The van der Waals surface area contributed by atoms with E-state index in [1.165, 1.54) is 33.7 Å². The average Bonchev–Trinajstić information content (AvgIpc) is 3.34. The predicted octanol–water partition coefficient (Wildman–Crippen LogP) is 2.05. The fourth-order valence-electron chi connectivity index (χ4n) is 5.98. The van der Waals surface area contributed by atoms with Gasteiger partial charge in [0.25, 0.3) is 5.69 Å². The summed E-state index contributed by atoms with van der Waals surface area (Å²) in [5.41, 5.74) is 0.0714. The van der Waals surface area contributed by atoms with Crippen molar-refractivity contribution in [1.82, 2.24) is 14.7 Å². The van der Waals surface area contributed by atoms with E-state index >= 15 is 0 Å². The molecule has 3 aliphatic heterocycles. The van der Waals surface area contributed by atoms with E-state index in [1.807, 2.05) is 11.8 Å². The number of carboxylic acid groups (broad SMARTS) is 1. The van der Waals surface area contributed by atoms with E-state index in [0.717, 1.165) is 5.56 Å². The molecule has 1 aromatic rings. The molecular formula is C25H32N4O7S. The SMILES string of the molecule is CCC12CC(S[C@H]3C[C@@H](C(=O)N(C)C)N(Cc4ccc([N+](=O)[O-])cc4)C3)=C(C(=O)O)N1C(=O)[C@@H]2[C@@H](C)O. The number of thioether (sulfide) groups is 1. The third-order valence-electron chi connectivity index (χ3n) is 7.69. The molecule has 2 N–H and O–H groups in total. The third-order valence-corrected chi connectivity index (χ3v) is 8.99. The van der Waals surface area contributed by atoms with E-state index in [9.17, 15) is 34.7 Å². The van der Waals surface area contributed by atoms with E-state index in [2.05, 4.69) is 0 Å². The van der Waals surface area contributed by atoms with Crippen LogP contribution in [0.15, 0.2) is 34.9 Å². The molecule has 200 valence electrons. The molecule has 2 fully saturated rings. The molecule has 2 amide bonds. The van der Waals surface area contributed by atoms with Gasteiger partial charge >= 0.3 is 5.97 Å². The molecule has 5 atom stereocenters. The fourth-order valence-corrected chi connectivity index (χ4v) is 7.55. The quantitative estimate of drug-likeness (QED) is 0.277. The lowest BCUT2D eigenvalue weighted by Crippen LogP contribution is -2.71. The van der Waals surface area contributed by atoms with E-state index in [1.54, 1.807) is 33.2 Å². The molecule has 0 radical (unpaired) electrons. The van der Waals surface area contributed by atoms with Gasteiger partial charge in [-0.05, 0) is 25.3 Å². The van der Waals surface area contributed by atoms with Crippen molar-refractivity contribution in [2.45, 2.75) is 62.6 Å². The summed E-state index contributed by atoms with van der Waals surface area (Å²) in [5, 5.41) is 31.1. The fraction of sp³-hybridized carbons (Fsp3) is 0.560. The maximum Gasteiger partial charge on any atom is 0.353 e. The number of aliphatic hydroxyl groups is 1. The van der Waals surface area contributed by atoms with Gasteiger partial charge in [-0.2, -0.15) is 0 Å². The minimum absolute atomic E-state index is 0.00609. The standard InChI is InChI=1S/C25H32N4O7S/c1-5-25-11-19(21(24(33)34)28(25)23(32)20(25)14(2)30)37-17-10-18(22(31)26(3)4)27(13-17)12-15-6-8-16(9-7-15)29(35)36/h6-9,14,17-18,20,30H,5,10-13H2,1-4H3,(H,33,34)/t14-,17+,18+,20+,25?/m1/s1. The zero-order valence-corrected chi connectivity index (χ0v) is 22.1. The van der Waals surface area contributed by atoms with Crippen molar-refractivity contribution in [2.75, 3.05) is 20.6 Å². The molecule has 1 unspecified atom stereocenters. The lowest BCUT2D eigenvalue weighted by molar-refractivity contribution is -0.384. The average molecular weight is 533 g/mol. The number of likely N-dealkylation sites (tertiary alicyclic amines) is 1. The number of carbonyl (C=O) groups excluding carboxylic acids is 2. The minimum Gasteiger partial charge on any atom is -0.477 e. The number of carboxylic acids is 1. The Morgan fingerprint density at radius 3 is 2.46 bits per heavy atom. The Morgan fingerprint density at radius 2 is 1.95 bits per heavy atom. The number of carbonyl (C=O) groups is 3. The first kappa shape index (κ1) is 27.1. The molecule has 0 saturated carbocycles. The Hall–Kier alpha value is -2.96. The number of likely N-dealkylation sites (N-methyl/N-ethyl adjacent to an activating group) is 1. The number of aliphatic carboxylic acids is 1. The number of nitrogens with zero attached hydrogens (tertiary/aromatic N) is 4. The lowest BCUT2D eigenvalue weighted by Gasteiger charge is -2.55. The number of benzene rings is 1. The van der Waals surface area contributed by atoms with Crippen molar-refractivity contribution in [3.63, 3.8) is 0 Å². The first-order valence-corrected chi connectivity index (χ1v) is 13.1. The number of nitro groups is 1. The monoisotopic (exact) mass is 532 g/mol. The molecule has 0 bridgehead atoms. The summed E-state index contributed by atoms with van der Waals surface area (Å²) in [6, 6.07) is 5.80. The van der Waals surface area contributed by atoms with Crippen LogP contribution in [0.4, 0.5) is 5.69 Å². The maximum atomic E-state index is 13.0. The molecule has 0 aromatic heterocycles. The molecule has 2 saturated heterocycles. The van der Waals surface area contributed by atoms with Crippen molar-refractivity contribution in [3.05, 3.63) is 50.5 Å². The van der Waals surface area contributed by atoms with Crippen LogP contribution in [0.1, 0.15) is 38.7 Å². The first-order chi connectivity index (χ1) is 17.4. The van der Waals surface area contributed by atoms with Gasteiger partial charge in [0.1, 0.15) is 5.70 Å². The Balaban J connectivity index is 1.57. The lowest BCUT2D eigenvalue weighted by atomic mass is 9.68.